The first-order valence-electron chi connectivity index (χ1n) is 8.34. The number of carbonyl (C=O) groups is 1. The van der Waals surface area contributed by atoms with Gasteiger partial charge in [0, 0.05) is 24.8 Å². The van der Waals surface area contributed by atoms with Crippen molar-refractivity contribution in [3.8, 4) is 0 Å². The highest BCUT2D eigenvalue weighted by Gasteiger charge is 2.25. The summed E-state index contributed by atoms with van der Waals surface area (Å²) in [6.45, 7) is 2.35. The van der Waals surface area contributed by atoms with Crippen molar-refractivity contribution in [1.82, 2.24) is 9.97 Å². The van der Waals surface area contributed by atoms with Crippen molar-refractivity contribution in [2.45, 2.75) is 25.4 Å². The zero-order chi connectivity index (χ0) is 19.6. The summed E-state index contributed by atoms with van der Waals surface area (Å²) in [5.41, 5.74) is 11.6. The van der Waals surface area contributed by atoms with E-state index in [1.54, 1.807) is 0 Å². The molecular weight excluding hydrogens is 358 g/mol. The molecule has 0 aromatic carbocycles. The van der Waals surface area contributed by atoms with Crippen LogP contribution < -0.4 is 22.1 Å². The van der Waals surface area contributed by atoms with Gasteiger partial charge < -0.3 is 26.8 Å². The lowest BCUT2D eigenvalue weighted by molar-refractivity contribution is 0.0751. The van der Waals surface area contributed by atoms with Gasteiger partial charge in [0.05, 0.1) is 29.7 Å². The number of rotatable bonds is 5. The van der Waals surface area contributed by atoms with Crippen LogP contribution in [0.1, 0.15) is 22.5 Å². The molecular formula is C17H20F2N6O2. The molecule has 144 valence electrons. The molecule has 27 heavy (non-hydrogen) atoms. The van der Waals surface area contributed by atoms with Crippen LogP contribution in [-0.2, 0) is 4.74 Å². The topological polar surface area (TPSA) is 128 Å². The summed E-state index contributed by atoms with van der Waals surface area (Å²) < 4.78 is 33.4. The third-order valence-corrected chi connectivity index (χ3v) is 4.25. The van der Waals surface area contributed by atoms with E-state index in [1.165, 1.54) is 19.2 Å². The Hall–Kier alpha value is -2.85. The van der Waals surface area contributed by atoms with Gasteiger partial charge >= 0.3 is 0 Å². The van der Waals surface area contributed by atoms with Crippen molar-refractivity contribution in [2.24, 2.45) is 11.5 Å². The van der Waals surface area contributed by atoms with E-state index >= 15 is 0 Å². The number of hydrogen-bond donors (Lipinski definition) is 4. The van der Waals surface area contributed by atoms with E-state index in [0.717, 1.165) is 6.07 Å². The van der Waals surface area contributed by atoms with Crippen LogP contribution in [0.4, 0.5) is 26.1 Å². The number of halogens is 2. The number of pyridine rings is 2. The fraction of sp³-hybridized carbons (Fsp3) is 0.353. The first-order valence-corrected chi connectivity index (χ1v) is 8.34. The summed E-state index contributed by atoms with van der Waals surface area (Å²) in [5.74, 6) is -2.27. The molecule has 10 heteroatoms. The Morgan fingerprint density at radius 1 is 1.30 bits per heavy atom. The summed E-state index contributed by atoms with van der Waals surface area (Å²) in [4.78, 5) is 19.7. The smallest absolute Gasteiger partial charge is 0.252 e. The number of hydrogen-bond acceptors (Lipinski definition) is 7. The first-order chi connectivity index (χ1) is 12.8. The quantitative estimate of drug-likeness (QED) is 0.620. The summed E-state index contributed by atoms with van der Waals surface area (Å²) in [7, 11) is 0. The van der Waals surface area contributed by atoms with Crippen molar-refractivity contribution < 1.29 is 18.3 Å². The number of aryl methyl sites for hydroxylation is 1. The predicted molar refractivity (Wildman–Crippen MR) is 95.7 cm³/mol. The van der Waals surface area contributed by atoms with Crippen molar-refractivity contribution >= 4 is 23.2 Å². The molecule has 1 amide bonds. The van der Waals surface area contributed by atoms with Crippen LogP contribution in [-0.4, -0.2) is 41.2 Å². The van der Waals surface area contributed by atoms with E-state index in [9.17, 15) is 13.6 Å². The van der Waals surface area contributed by atoms with Gasteiger partial charge in [0.15, 0.2) is 11.6 Å². The number of anilines is 3. The van der Waals surface area contributed by atoms with Gasteiger partial charge in [0.1, 0.15) is 11.6 Å². The summed E-state index contributed by atoms with van der Waals surface area (Å²) in [6.07, 6.45) is 1.95. The number of nitrogens with two attached hydrogens (primary N) is 2. The maximum absolute atomic E-state index is 14.4. The second-order valence-electron chi connectivity index (χ2n) is 6.27. The standard InChI is InChI=1S/C17H20F2N6O2/c1-8-11(18)4-9(6-22-8)23-16-10(15(21)26)5-12(19)17(25-16)24-14-2-3-27-7-13(14)20/h4-6,13-14H,2-3,7,20H2,1H3,(H2,21,26)(H2,23,24,25)/t13-,14+/m0/s1. The fourth-order valence-electron chi connectivity index (χ4n) is 2.70. The Morgan fingerprint density at radius 2 is 2.07 bits per heavy atom. The van der Waals surface area contributed by atoms with Crippen LogP contribution in [0.15, 0.2) is 18.3 Å². The van der Waals surface area contributed by atoms with Crippen molar-refractivity contribution in [2.75, 3.05) is 23.8 Å². The Morgan fingerprint density at radius 3 is 2.74 bits per heavy atom. The van der Waals surface area contributed by atoms with E-state index in [0.29, 0.717) is 19.6 Å². The molecule has 0 bridgehead atoms. The molecule has 2 atom stereocenters. The van der Waals surface area contributed by atoms with Crippen LogP contribution in [0.2, 0.25) is 0 Å². The molecule has 0 radical (unpaired) electrons. The summed E-state index contributed by atoms with van der Waals surface area (Å²) in [5, 5.41) is 5.70. The third kappa shape index (κ3) is 4.29. The molecule has 1 saturated heterocycles. The van der Waals surface area contributed by atoms with Crippen LogP contribution >= 0.6 is 0 Å². The van der Waals surface area contributed by atoms with Gasteiger partial charge in [-0.3, -0.25) is 9.78 Å². The first kappa shape index (κ1) is 18.9. The Bertz CT molecular complexity index is 864. The van der Waals surface area contributed by atoms with Crippen LogP contribution in [0, 0.1) is 18.6 Å². The van der Waals surface area contributed by atoms with Crippen LogP contribution in [0.3, 0.4) is 0 Å². The lowest BCUT2D eigenvalue weighted by atomic mass is 10.0. The maximum Gasteiger partial charge on any atom is 0.252 e. The minimum atomic E-state index is -0.876. The van der Waals surface area contributed by atoms with Gasteiger partial charge in [-0.25, -0.2) is 13.8 Å². The largest absolute Gasteiger partial charge is 0.380 e. The molecule has 1 aliphatic rings. The summed E-state index contributed by atoms with van der Waals surface area (Å²) >= 11 is 0. The number of aromatic nitrogens is 2. The molecule has 3 heterocycles. The van der Waals surface area contributed by atoms with E-state index in [2.05, 4.69) is 20.6 Å². The average Bonchev–Trinajstić information content (AvgIpc) is 2.62. The normalized spacial score (nSPS) is 19.6. The number of ether oxygens (including phenoxy) is 1. The molecule has 1 aliphatic heterocycles. The number of nitrogens with one attached hydrogen (secondary N) is 2. The molecule has 0 saturated carbocycles. The number of amides is 1. The van der Waals surface area contributed by atoms with Crippen molar-refractivity contribution in [3.05, 3.63) is 41.2 Å². The third-order valence-electron chi connectivity index (χ3n) is 4.25. The minimum absolute atomic E-state index is 0.0166. The molecule has 6 N–H and O–H groups in total. The van der Waals surface area contributed by atoms with E-state index in [-0.39, 0.29) is 40.7 Å². The number of carbonyl (C=O) groups excluding carboxylic acids is 1. The van der Waals surface area contributed by atoms with E-state index in [4.69, 9.17) is 16.2 Å². The molecule has 0 aliphatic carbocycles. The van der Waals surface area contributed by atoms with Gasteiger partial charge in [-0.2, -0.15) is 0 Å². The minimum Gasteiger partial charge on any atom is -0.380 e. The van der Waals surface area contributed by atoms with Gasteiger partial charge in [-0.1, -0.05) is 0 Å². The monoisotopic (exact) mass is 378 g/mol. The van der Waals surface area contributed by atoms with E-state index < -0.39 is 17.5 Å². The predicted octanol–water partition coefficient (Wildman–Crippen LogP) is 1.43. The highest BCUT2D eigenvalue weighted by atomic mass is 19.1. The Kier molecular flexibility index (Phi) is 5.47. The second kappa shape index (κ2) is 7.80. The van der Waals surface area contributed by atoms with Gasteiger partial charge in [0.2, 0.25) is 0 Å². The molecule has 3 rings (SSSR count). The van der Waals surface area contributed by atoms with Gasteiger partial charge in [0.25, 0.3) is 5.91 Å². The molecule has 0 spiro atoms. The highest BCUT2D eigenvalue weighted by Crippen LogP contribution is 2.25. The van der Waals surface area contributed by atoms with Crippen LogP contribution in [0.5, 0.6) is 0 Å². The lowest BCUT2D eigenvalue weighted by Gasteiger charge is -2.30. The van der Waals surface area contributed by atoms with Gasteiger partial charge in [-0.15, -0.1) is 0 Å². The van der Waals surface area contributed by atoms with Crippen molar-refractivity contribution in [3.63, 3.8) is 0 Å². The second-order valence-corrected chi connectivity index (χ2v) is 6.27. The van der Waals surface area contributed by atoms with E-state index in [1.807, 2.05) is 0 Å². The number of nitrogens with zero attached hydrogens (tertiary/aromatic N) is 2. The molecule has 0 unspecified atom stereocenters. The van der Waals surface area contributed by atoms with Gasteiger partial charge in [-0.05, 0) is 19.4 Å². The molecule has 2 aromatic rings. The lowest BCUT2D eigenvalue weighted by Crippen LogP contribution is -2.47. The fourth-order valence-corrected chi connectivity index (χ4v) is 2.70. The molecule has 2 aromatic heterocycles. The Labute approximate surface area is 154 Å². The summed E-state index contributed by atoms with van der Waals surface area (Å²) in [6, 6.07) is 1.59. The average molecular weight is 378 g/mol. The zero-order valence-corrected chi connectivity index (χ0v) is 14.6. The van der Waals surface area contributed by atoms with Crippen LogP contribution in [0.25, 0.3) is 0 Å². The zero-order valence-electron chi connectivity index (χ0n) is 14.6. The maximum atomic E-state index is 14.4. The highest BCUT2D eigenvalue weighted by molar-refractivity contribution is 5.98. The Balaban J connectivity index is 1.92. The number of primary amides is 1. The molecule has 1 fully saturated rings. The molecule has 8 nitrogen and oxygen atoms in total. The van der Waals surface area contributed by atoms with Crippen molar-refractivity contribution in [1.29, 1.82) is 0 Å². The SMILES string of the molecule is Cc1ncc(Nc2nc(N[C@@H]3CCOC[C@@H]3N)c(F)cc2C(N)=O)cc1F.